The van der Waals surface area contributed by atoms with Gasteiger partial charge in [-0.3, -0.25) is 9.30 Å². The minimum Gasteiger partial charge on any atom is -0.341 e. The molecule has 0 atom stereocenters. The first-order chi connectivity index (χ1) is 14.9. The second-order valence-electron chi connectivity index (χ2n) is 7.73. The third kappa shape index (κ3) is 3.81. The maximum Gasteiger partial charge on any atom is 0.250 e. The monoisotopic (exact) mass is 429 g/mol. The molecule has 9 heteroatoms. The summed E-state index contributed by atoms with van der Waals surface area (Å²) in [4.78, 5) is 14.3. The number of H-pyrrole nitrogens is 1. The fourth-order valence-electron chi connectivity index (χ4n) is 3.88. The predicted octanol–water partition coefficient (Wildman–Crippen LogP) is 4.90. The Morgan fingerprint density at radius 1 is 1.00 bits per heavy atom. The molecule has 0 unspecified atom stereocenters. The SMILES string of the molecule is Fc1ccc(-c2c[nH]c(-c3nc(CN4CCC(F)(F)CC4)c4ccccn34)n2)cc1F. The van der Waals surface area contributed by atoms with E-state index in [4.69, 9.17) is 4.98 Å². The number of hydrogen-bond donors (Lipinski definition) is 1. The lowest BCUT2D eigenvalue weighted by Gasteiger charge is -2.31. The topological polar surface area (TPSA) is 49.2 Å². The lowest BCUT2D eigenvalue weighted by Crippen LogP contribution is -2.38. The zero-order valence-corrected chi connectivity index (χ0v) is 16.5. The molecule has 160 valence electrons. The number of nitrogens with one attached hydrogen (secondary N) is 1. The van der Waals surface area contributed by atoms with Crippen LogP contribution in [0.15, 0.2) is 48.8 Å². The number of pyridine rings is 1. The Bertz CT molecular complexity index is 1240. The molecule has 5 rings (SSSR count). The van der Waals surface area contributed by atoms with E-state index in [1.165, 1.54) is 6.07 Å². The van der Waals surface area contributed by atoms with Crippen LogP contribution >= 0.6 is 0 Å². The van der Waals surface area contributed by atoms with Gasteiger partial charge in [-0.25, -0.2) is 27.5 Å². The highest BCUT2D eigenvalue weighted by Crippen LogP contribution is 2.30. The third-order valence-electron chi connectivity index (χ3n) is 5.59. The highest BCUT2D eigenvalue weighted by molar-refractivity contribution is 5.65. The molecule has 1 N–H and O–H groups in total. The van der Waals surface area contributed by atoms with E-state index >= 15 is 0 Å². The first-order valence-corrected chi connectivity index (χ1v) is 9.97. The molecule has 3 aromatic heterocycles. The van der Waals surface area contributed by atoms with Crippen molar-refractivity contribution in [2.24, 2.45) is 0 Å². The summed E-state index contributed by atoms with van der Waals surface area (Å²) in [7, 11) is 0. The average Bonchev–Trinajstić information content (AvgIpc) is 3.37. The van der Waals surface area contributed by atoms with Crippen molar-refractivity contribution in [3.05, 3.63) is 66.1 Å². The maximum absolute atomic E-state index is 13.6. The van der Waals surface area contributed by atoms with Crippen molar-refractivity contribution >= 4 is 5.52 Å². The maximum atomic E-state index is 13.6. The van der Waals surface area contributed by atoms with Gasteiger partial charge < -0.3 is 4.98 Å². The summed E-state index contributed by atoms with van der Waals surface area (Å²) in [5, 5.41) is 0. The summed E-state index contributed by atoms with van der Waals surface area (Å²) in [5.74, 6) is -3.43. The van der Waals surface area contributed by atoms with Crippen LogP contribution < -0.4 is 0 Å². The van der Waals surface area contributed by atoms with Crippen molar-refractivity contribution in [1.29, 1.82) is 0 Å². The van der Waals surface area contributed by atoms with Gasteiger partial charge in [0.05, 0.1) is 16.9 Å². The van der Waals surface area contributed by atoms with Crippen LogP contribution in [0.5, 0.6) is 0 Å². The van der Waals surface area contributed by atoms with E-state index in [2.05, 4.69) is 9.97 Å². The first kappa shape index (κ1) is 19.7. The van der Waals surface area contributed by atoms with E-state index in [0.717, 1.165) is 23.3 Å². The van der Waals surface area contributed by atoms with Crippen molar-refractivity contribution < 1.29 is 17.6 Å². The van der Waals surface area contributed by atoms with Crippen LogP contribution in [0.25, 0.3) is 28.4 Å². The van der Waals surface area contributed by atoms with Gasteiger partial charge in [-0.1, -0.05) is 6.07 Å². The largest absolute Gasteiger partial charge is 0.341 e. The fourth-order valence-corrected chi connectivity index (χ4v) is 3.88. The Morgan fingerprint density at radius 2 is 1.81 bits per heavy atom. The molecule has 1 fully saturated rings. The smallest absolute Gasteiger partial charge is 0.250 e. The second-order valence-corrected chi connectivity index (χ2v) is 7.73. The normalized spacial score (nSPS) is 16.8. The molecule has 0 bridgehead atoms. The standard InChI is InChI=1S/C22H19F4N5/c23-15-5-4-14(11-16(15)24)17-12-27-20(28-17)21-29-18(19-3-1-2-8-31(19)21)13-30-9-6-22(25,26)7-10-30/h1-5,8,11-12H,6-7,9-10,13H2,(H,27,28). The Morgan fingerprint density at radius 3 is 2.58 bits per heavy atom. The van der Waals surface area contributed by atoms with Crippen LogP contribution in [-0.4, -0.2) is 43.3 Å². The number of nitrogens with zero attached hydrogens (tertiary/aromatic N) is 4. The average molecular weight is 429 g/mol. The van der Waals surface area contributed by atoms with E-state index in [1.807, 2.05) is 33.7 Å². The number of aromatic amines is 1. The van der Waals surface area contributed by atoms with E-state index in [9.17, 15) is 17.6 Å². The molecule has 1 aliphatic rings. The molecule has 0 aliphatic carbocycles. The molecular weight excluding hydrogens is 410 g/mol. The Balaban J connectivity index is 1.47. The van der Waals surface area contributed by atoms with Crippen LogP contribution in [0.2, 0.25) is 0 Å². The number of likely N-dealkylation sites (tertiary alicyclic amines) is 1. The molecule has 31 heavy (non-hydrogen) atoms. The van der Waals surface area contributed by atoms with Crippen LogP contribution in [0.4, 0.5) is 17.6 Å². The minimum absolute atomic E-state index is 0.151. The number of alkyl halides is 2. The zero-order chi connectivity index (χ0) is 21.6. The number of benzene rings is 1. The highest BCUT2D eigenvalue weighted by atomic mass is 19.3. The first-order valence-electron chi connectivity index (χ1n) is 9.97. The molecular formula is C22H19F4N5. The highest BCUT2D eigenvalue weighted by Gasteiger charge is 2.34. The molecule has 4 heterocycles. The lowest BCUT2D eigenvalue weighted by molar-refractivity contribution is -0.0567. The van der Waals surface area contributed by atoms with E-state index in [-0.39, 0.29) is 12.8 Å². The van der Waals surface area contributed by atoms with Crippen LogP contribution in [0, 0.1) is 11.6 Å². The van der Waals surface area contributed by atoms with Gasteiger partial charge in [0.2, 0.25) is 0 Å². The number of rotatable bonds is 4. The van der Waals surface area contributed by atoms with Crippen LogP contribution in [0.1, 0.15) is 18.5 Å². The second kappa shape index (κ2) is 7.49. The number of aromatic nitrogens is 4. The van der Waals surface area contributed by atoms with Gasteiger partial charge in [-0.2, -0.15) is 0 Å². The molecule has 1 aromatic carbocycles. The Hall–Kier alpha value is -3.20. The molecule has 4 aromatic rings. The summed E-state index contributed by atoms with van der Waals surface area (Å²) < 4.78 is 55.7. The van der Waals surface area contributed by atoms with Crippen molar-refractivity contribution in [3.8, 4) is 22.9 Å². The predicted molar refractivity (Wildman–Crippen MR) is 108 cm³/mol. The van der Waals surface area contributed by atoms with Crippen molar-refractivity contribution in [3.63, 3.8) is 0 Å². The molecule has 0 radical (unpaired) electrons. The molecule has 0 amide bonds. The van der Waals surface area contributed by atoms with Crippen LogP contribution in [-0.2, 0) is 6.54 Å². The molecule has 0 saturated carbocycles. The van der Waals surface area contributed by atoms with Crippen molar-refractivity contribution in [2.45, 2.75) is 25.3 Å². The summed E-state index contributed by atoms with van der Waals surface area (Å²) in [5.41, 5.74) is 2.53. The number of halogens is 4. The zero-order valence-electron chi connectivity index (χ0n) is 16.5. The molecule has 0 spiro atoms. The number of piperidine rings is 1. The van der Waals surface area contributed by atoms with Gasteiger partial charge in [-0.15, -0.1) is 0 Å². The summed E-state index contributed by atoms with van der Waals surface area (Å²) in [6.07, 6.45) is 3.16. The minimum atomic E-state index is -2.59. The fraction of sp³-hybridized carbons (Fsp3) is 0.273. The molecule has 1 aliphatic heterocycles. The third-order valence-corrected chi connectivity index (χ3v) is 5.59. The number of imidazole rings is 2. The van der Waals surface area contributed by atoms with Gasteiger partial charge in [-0.05, 0) is 30.3 Å². The van der Waals surface area contributed by atoms with Gasteiger partial charge in [0.25, 0.3) is 5.92 Å². The van der Waals surface area contributed by atoms with Gasteiger partial charge in [0, 0.05) is 50.4 Å². The quantitative estimate of drug-likeness (QED) is 0.470. The van der Waals surface area contributed by atoms with Gasteiger partial charge in [0.1, 0.15) is 0 Å². The summed E-state index contributed by atoms with van der Waals surface area (Å²) in [6.45, 7) is 1.09. The van der Waals surface area contributed by atoms with E-state index in [1.54, 1.807) is 6.20 Å². The molecule has 5 nitrogen and oxygen atoms in total. The Labute approximate surface area is 175 Å². The van der Waals surface area contributed by atoms with Crippen molar-refractivity contribution in [1.82, 2.24) is 24.3 Å². The van der Waals surface area contributed by atoms with Gasteiger partial charge in [0.15, 0.2) is 23.3 Å². The van der Waals surface area contributed by atoms with Crippen molar-refractivity contribution in [2.75, 3.05) is 13.1 Å². The number of fused-ring (bicyclic) bond motifs is 1. The van der Waals surface area contributed by atoms with E-state index < -0.39 is 17.6 Å². The lowest BCUT2D eigenvalue weighted by atomic mass is 10.1. The Kier molecular flexibility index (Phi) is 4.77. The van der Waals surface area contributed by atoms with E-state index in [0.29, 0.717) is 42.5 Å². The summed E-state index contributed by atoms with van der Waals surface area (Å²) >= 11 is 0. The number of hydrogen-bond acceptors (Lipinski definition) is 3. The molecule has 1 saturated heterocycles. The summed E-state index contributed by atoms with van der Waals surface area (Å²) in [6, 6.07) is 9.29. The van der Waals surface area contributed by atoms with Gasteiger partial charge >= 0.3 is 0 Å². The van der Waals surface area contributed by atoms with Crippen LogP contribution in [0.3, 0.4) is 0 Å².